The highest BCUT2D eigenvalue weighted by Gasteiger charge is 2.27. The number of piperidine rings is 1. The van der Waals surface area contributed by atoms with Gasteiger partial charge >= 0.3 is 0 Å². The Balaban J connectivity index is 1.51. The molecule has 4 nitrogen and oxygen atoms in total. The maximum Gasteiger partial charge on any atom is 0.225 e. The highest BCUT2D eigenvalue weighted by Crippen LogP contribution is 2.28. The van der Waals surface area contributed by atoms with Gasteiger partial charge in [-0.3, -0.25) is 9.69 Å². The quantitative estimate of drug-likeness (QED) is 0.667. The zero-order valence-corrected chi connectivity index (χ0v) is 17.8. The fourth-order valence-corrected chi connectivity index (χ4v) is 4.16. The zero-order valence-electron chi connectivity index (χ0n) is 16.3. The summed E-state index contributed by atoms with van der Waals surface area (Å²) < 4.78 is 5.18. The first kappa shape index (κ1) is 21.0. The van der Waals surface area contributed by atoms with Crippen LogP contribution in [-0.4, -0.2) is 43.0 Å². The van der Waals surface area contributed by atoms with Crippen molar-refractivity contribution in [3.8, 4) is 5.75 Å². The van der Waals surface area contributed by atoms with Gasteiger partial charge < -0.3 is 9.64 Å². The lowest BCUT2D eigenvalue weighted by atomic mass is 9.95. The molecule has 1 fully saturated rings. The predicted molar refractivity (Wildman–Crippen MR) is 114 cm³/mol. The fraction of sp³-hybridized carbons (Fsp3) is 0.409. The molecule has 0 bridgehead atoms. The maximum atomic E-state index is 12.8. The smallest absolute Gasteiger partial charge is 0.225 e. The second kappa shape index (κ2) is 9.64. The zero-order chi connectivity index (χ0) is 20.1. The monoisotopic (exact) mass is 420 g/mol. The van der Waals surface area contributed by atoms with Crippen molar-refractivity contribution < 1.29 is 9.53 Å². The molecule has 0 atom stereocenters. The van der Waals surface area contributed by atoms with Gasteiger partial charge in [0.05, 0.1) is 7.11 Å². The van der Waals surface area contributed by atoms with Crippen LogP contribution < -0.4 is 4.74 Å². The minimum atomic E-state index is 0.0706. The topological polar surface area (TPSA) is 32.8 Å². The lowest BCUT2D eigenvalue weighted by Crippen LogP contribution is -2.40. The van der Waals surface area contributed by atoms with Gasteiger partial charge in [0.2, 0.25) is 5.91 Å². The summed E-state index contributed by atoms with van der Waals surface area (Å²) in [6.07, 6.45) is 1.71. The van der Waals surface area contributed by atoms with Crippen molar-refractivity contribution in [2.45, 2.75) is 25.9 Å². The minimum absolute atomic E-state index is 0.0706. The third kappa shape index (κ3) is 5.19. The summed E-state index contributed by atoms with van der Waals surface area (Å²) >= 11 is 12.6. The van der Waals surface area contributed by atoms with Crippen LogP contribution in [0.2, 0.25) is 10.0 Å². The molecule has 2 aromatic carbocycles. The summed E-state index contributed by atoms with van der Waals surface area (Å²) in [4.78, 5) is 17.0. The van der Waals surface area contributed by atoms with E-state index in [0.717, 1.165) is 49.4 Å². The first-order valence-corrected chi connectivity index (χ1v) is 10.3. The van der Waals surface area contributed by atoms with Crippen molar-refractivity contribution >= 4 is 29.1 Å². The van der Waals surface area contributed by atoms with Crippen molar-refractivity contribution in [2.75, 3.05) is 27.2 Å². The predicted octanol–water partition coefficient (Wildman–Crippen LogP) is 4.87. The highest BCUT2D eigenvalue weighted by atomic mass is 35.5. The van der Waals surface area contributed by atoms with E-state index < -0.39 is 0 Å². The molecule has 1 saturated heterocycles. The summed E-state index contributed by atoms with van der Waals surface area (Å²) in [5.41, 5.74) is 2.06. The SMILES string of the molecule is COc1ccc(CN(C)C(=O)C2CCN(Cc3c(Cl)cccc3Cl)CC2)cc1. The average Bonchev–Trinajstić information content (AvgIpc) is 2.71. The fourth-order valence-electron chi connectivity index (χ4n) is 3.64. The normalized spacial score (nSPS) is 15.4. The standard InChI is InChI=1S/C22H26Cl2N2O2/c1-25(14-16-6-8-18(28-2)9-7-16)22(27)17-10-12-26(13-11-17)15-19-20(23)4-3-5-21(19)24/h3-9,17H,10-15H2,1-2H3. The number of ether oxygens (including phenoxy) is 1. The summed E-state index contributed by atoms with van der Waals surface area (Å²) in [5, 5.41) is 1.40. The van der Waals surface area contributed by atoms with E-state index in [0.29, 0.717) is 16.6 Å². The van der Waals surface area contributed by atoms with Gasteiger partial charge in [-0.2, -0.15) is 0 Å². The third-order valence-corrected chi connectivity index (χ3v) is 6.04. The van der Waals surface area contributed by atoms with Gasteiger partial charge in [0.15, 0.2) is 0 Å². The molecule has 0 saturated carbocycles. The molecule has 0 aliphatic carbocycles. The van der Waals surface area contributed by atoms with Crippen LogP contribution in [0.5, 0.6) is 5.75 Å². The van der Waals surface area contributed by atoms with E-state index in [2.05, 4.69) is 4.90 Å². The van der Waals surface area contributed by atoms with E-state index in [-0.39, 0.29) is 11.8 Å². The number of benzene rings is 2. The van der Waals surface area contributed by atoms with E-state index >= 15 is 0 Å². The lowest BCUT2D eigenvalue weighted by Gasteiger charge is -2.33. The molecule has 3 rings (SSSR count). The molecular formula is C22H26Cl2N2O2. The molecule has 1 heterocycles. The van der Waals surface area contributed by atoms with Gasteiger partial charge in [0.1, 0.15) is 5.75 Å². The molecule has 1 aliphatic heterocycles. The molecule has 6 heteroatoms. The Morgan fingerprint density at radius 2 is 1.71 bits per heavy atom. The Hall–Kier alpha value is -1.75. The molecule has 2 aromatic rings. The van der Waals surface area contributed by atoms with Crippen LogP contribution in [0.1, 0.15) is 24.0 Å². The number of nitrogens with zero attached hydrogens (tertiary/aromatic N) is 2. The van der Waals surface area contributed by atoms with Crippen molar-refractivity contribution in [1.82, 2.24) is 9.80 Å². The van der Waals surface area contributed by atoms with Crippen molar-refractivity contribution in [3.63, 3.8) is 0 Å². The Labute approximate surface area is 177 Å². The second-order valence-electron chi connectivity index (χ2n) is 7.29. The van der Waals surface area contributed by atoms with Gasteiger partial charge in [0.25, 0.3) is 0 Å². The molecular weight excluding hydrogens is 395 g/mol. The Morgan fingerprint density at radius 3 is 2.29 bits per heavy atom. The van der Waals surface area contributed by atoms with E-state index in [1.165, 1.54) is 0 Å². The van der Waals surface area contributed by atoms with Crippen LogP contribution in [0.25, 0.3) is 0 Å². The second-order valence-corrected chi connectivity index (χ2v) is 8.11. The van der Waals surface area contributed by atoms with E-state index in [1.807, 2.05) is 54.4 Å². The van der Waals surface area contributed by atoms with Gasteiger partial charge in [-0.1, -0.05) is 41.4 Å². The van der Waals surface area contributed by atoms with E-state index in [1.54, 1.807) is 7.11 Å². The van der Waals surface area contributed by atoms with Gasteiger partial charge in [0, 0.05) is 41.7 Å². The number of likely N-dealkylation sites (tertiary alicyclic amines) is 1. The number of rotatable bonds is 6. The third-order valence-electron chi connectivity index (χ3n) is 5.34. The van der Waals surface area contributed by atoms with E-state index in [9.17, 15) is 4.79 Å². The summed E-state index contributed by atoms with van der Waals surface area (Å²) in [6.45, 7) is 3.07. The number of hydrogen-bond acceptors (Lipinski definition) is 3. The molecule has 150 valence electrons. The van der Waals surface area contributed by atoms with Crippen molar-refractivity contribution in [3.05, 3.63) is 63.6 Å². The summed E-state index contributed by atoms with van der Waals surface area (Å²) in [5.74, 6) is 1.11. The van der Waals surface area contributed by atoms with Crippen molar-refractivity contribution in [2.24, 2.45) is 5.92 Å². The van der Waals surface area contributed by atoms with Gasteiger partial charge in [-0.25, -0.2) is 0 Å². The Kier molecular flexibility index (Phi) is 7.22. The number of carbonyl (C=O) groups is 1. The molecule has 0 unspecified atom stereocenters. The minimum Gasteiger partial charge on any atom is -0.497 e. The van der Waals surface area contributed by atoms with Gasteiger partial charge in [-0.15, -0.1) is 0 Å². The Morgan fingerprint density at radius 1 is 1.11 bits per heavy atom. The van der Waals surface area contributed by atoms with Crippen LogP contribution in [0.3, 0.4) is 0 Å². The maximum absolute atomic E-state index is 12.8. The molecule has 0 spiro atoms. The Bertz CT molecular complexity index is 782. The molecule has 0 radical (unpaired) electrons. The molecule has 0 aromatic heterocycles. The van der Waals surface area contributed by atoms with Crippen molar-refractivity contribution in [1.29, 1.82) is 0 Å². The van der Waals surface area contributed by atoms with Crippen LogP contribution in [-0.2, 0) is 17.9 Å². The first-order valence-electron chi connectivity index (χ1n) is 9.51. The highest BCUT2D eigenvalue weighted by molar-refractivity contribution is 6.35. The molecule has 1 aliphatic rings. The number of methoxy groups -OCH3 is 1. The first-order chi connectivity index (χ1) is 13.5. The number of hydrogen-bond donors (Lipinski definition) is 0. The number of halogens is 2. The summed E-state index contributed by atoms with van der Waals surface area (Å²) in [6, 6.07) is 13.4. The number of amides is 1. The summed E-state index contributed by atoms with van der Waals surface area (Å²) in [7, 11) is 3.53. The molecule has 28 heavy (non-hydrogen) atoms. The molecule has 1 amide bonds. The van der Waals surface area contributed by atoms with Gasteiger partial charge in [-0.05, 0) is 55.8 Å². The average molecular weight is 421 g/mol. The van der Waals surface area contributed by atoms with Crippen LogP contribution in [0, 0.1) is 5.92 Å². The lowest BCUT2D eigenvalue weighted by molar-refractivity contribution is -0.136. The molecule has 0 N–H and O–H groups in total. The van der Waals surface area contributed by atoms with Crippen LogP contribution >= 0.6 is 23.2 Å². The number of carbonyl (C=O) groups excluding carboxylic acids is 1. The van der Waals surface area contributed by atoms with E-state index in [4.69, 9.17) is 27.9 Å². The van der Waals surface area contributed by atoms with Crippen LogP contribution in [0.15, 0.2) is 42.5 Å². The van der Waals surface area contributed by atoms with Crippen LogP contribution in [0.4, 0.5) is 0 Å². The largest absolute Gasteiger partial charge is 0.497 e.